The Morgan fingerprint density at radius 3 is 2.83 bits per heavy atom. The third-order valence-electron chi connectivity index (χ3n) is 3.98. The molecule has 0 N–H and O–H groups in total. The molecule has 1 aliphatic rings. The number of aromatic nitrogens is 3. The van der Waals surface area contributed by atoms with E-state index in [9.17, 15) is 4.79 Å². The molecule has 0 radical (unpaired) electrons. The molecule has 24 heavy (non-hydrogen) atoms. The van der Waals surface area contributed by atoms with Crippen molar-refractivity contribution in [3.63, 3.8) is 0 Å². The van der Waals surface area contributed by atoms with E-state index < -0.39 is 0 Å². The number of hydrogen-bond acceptors (Lipinski definition) is 6. The molecule has 1 atom stereocenters. The molecule has 0 spiro atoms. The lowest BCUT2D eigenvalue weighted by Gasteiger charge is -2.15. The number of carbonyl (C=O) groups excluding carboxylic acids is 1. The Labute approximate surface area is 146 Å². The molecule has 0 aromatic carbocycles. The highest BCUT2D eigenvalue weighted by Gasteiger charge is 2.20. The topological polar surface area (TPSA) is 72.1 Å². The SMILES string of the molecule is CCCc1noc([C@H](C)Sc2ccc(C(=O)N3CCCC3)cn2)n1. The monoisotopic (exact) mass is 346 g/mol. The maximum absolute atomic E-state index is 12.3. The van der Waals surface area contributed by atoms with Crippen LogP contribution in [0.4, 0.5) is 0 Å². The van der Waals surface area contributed by atoms with E-state index in [-0.39, 0.29) is 11.2 Å². The second-order valence-electron chi connectivity index (χ2n) is 5.94. The molecule has 1 fully saturated rings. The Morgan fingerprint density at radius 2 is 2.17 bits per heavy atom. The molecule has 3 heterocycles. The van der Waals surface area contributed by atoms with Crippen molar-refractivity contribution in [3.05, 3.63) is 35.6 Å². The number of rotatable bonds is 6. The number of carbonyl (C=O) groups is 1. The first kappa shape index (κ1) is 17.0. The highest BCUT2D eigenvalue weighted by atomic mass is 32.2. The number of thioether (sulfide) groups is 1. The van der Waals surface area contributed by atoms with Crippen LogP contribution in [0.3, 0.4) is 0 Å². The third-order valence-corrected chi connectivity index (χ3v) is 5.02. The fraction of sp³-hybridized carbons (Fsp3) is 0.529. The van der Waals surface area contributed by atoms with Crippen LogP contribution in [0.15, 0.2) is 27.9 Å². The van der Waals surface area contributed by atoms with Crippen LogP contribution in [0, 0.1) is 0 Å². The van der Waals surface area contributed by atoms with Crippen molar-refractivity contribution in [2.45, 2.75) is 49.8 Å². The quantitative estimate of drug-likeness (QED) is 0.745. The molecule has 3 rings (SSSR count). The predicted molar refractivity (Wildman–Crippen MR) is 91.9 cm³/mol. The summed E-state index contributed by atoms with van der Waals surface area (Å²) < 4.78 is 5.31. The summed E-state index contributed by atoms with van der Waals surface area (Å²) in [7, 11) is 0. The van der Waals surface area contributed by atoms with Crippen LogP contribution in [-0.4, -0.2) is 39.0 Å². The normalized spacial score (nSPS) is 15.7. The van der Waals surface area contributed by atoms with Crippen molar-refractivity contribution < 1.29 is 9.32 Å². The zero-order valence-corrected chi connectivity index (χ0v) is 14.9. The highest BCUT2D eigenvalue weighted by molar-refractivity contribution is 7.99. The lowest BCUT2D eigenvalue weighted by atomic mass is 10.2. The average Bonchev–Trinajstić information content (AvgIpc) is 3.27. The summed E-state index contributed by atoms with van der Waals surface area (Å²) in [5, 5.41) is 4.85. The number of amides is 1. The van der Waals surface area contributed by atoms with Crippen molar-refractivity contribution in [3.8, 4) is 0 Å². The van der Waals surface area contributed by atoms with Gasteiger partial charge in [-0.1, -0.05) is 23.8 Å². The minimum absolute atomic E-state index is 0.0238. The second-order valence-corrected chi connectivity index (χ2v) is 7.30. The van der Waals surface area contributed by atoms with Crippen LogP contribution in [-0.2, 0) is 6.42 Å². The maximum Gasteiger partial charge on any atom is 0.255 e. The summed E-state index contributed by atoms with van der Waals surface area (Å²) in [6.07, 6.45) is 5.66. The van der Waals surface area contributed by atoms with Gasteiger partial charge in [-0.3, -0.25) is 4.79 Å². The van der Waals surface area contributed by atoms with Crippen LogP contribution in [0.25, 0.3) is 0 Å². The summed E-state index contributed by atoms with van der Waals surface area (Å²) in [5.41, 5.74) is 0.650. The highest BCUT2D eigenvalue weighted by Crippen LogP contribution is 2.32. The van der Waals surface area contributed by atoms with E-state index in [1.165, 1.54) is 0 Å². The predicted octanol–water partition coefficient (Wildman–Crippen LogP) is 3.51. The molecule has 128 valence electrons. The number of hydrogen-bond donors (Lipinski definition) is 0. The van der Waals surface area contributed by atoms with Crippen LogP contribution in [0.5, 0.6) is 0 Å². The van der Waals surface area contributed by atoms with Gasteiger partial charge in [-0.05, 0) is 38.3 Å². The Hall–Kier alpha value is -1.89. The van der Waals surface area contributed by atoms with Crippen molar-refractivity contribution in [2.75, 3.05) is 13.1 Å². The first-order chi connectivity index (χ1) is 11.7. The Morgan fingerprint density at radius 1 is 1.38 bits per heavy atom. The van der Waals surface area contributed by atoms with E-state index in [0.717, 1.165) is 49.6 Å². The minimum Gasteiger partial charge on any atom is -0.339 e. The van der Waals surface area contributed by atoms with Crippen molar-refractivity contribution >= 4 is 17.7 Å². The van der Waals surface area contributed by atoms with Gasteiger partial charge in [-0.2, -0.15) is 4.98 Å². The van der Waals surface area contributed by atoms with Crippen LogP contribution < -0.4 is 0 Å². The van der Waals surface area contributed by atoms with Gasteiger partial charge in [0.05, 0.1) is 15.8 Å². The Bertz CT molecular complexity index is 680. The molecular weight excluding hydrogens is 324 g/mol. The first-order valence-corrected chi connectivity index (χ1v) is 9.30. The zero-order valence-electron chi connectivity index (χ0n) is 14.1. The molecular formula is C17H22N4O2S. The van der Waals surface area contributed by atoms with Gasteiger partial charge in [-0.25, -0.2) is 4.98 Å². The van der Waals surface area contributed by atoms with E-state index in [0.29, 0.717) is 11.5 Å². The third kappa shape index (κ3) is 3.95. The smallest absolute Gasteiger partial charge is 0.255 e. The van der Waals surface area contributed by atoms with E-state index in [1.807, 2.05) is 24.0 Å². The number of aryl methyl sites for hydroxylation is 1. The molecule has 1 saturated heterocycles. The standard InChI is InChI=1S/C17H22N4O2S/c1-3-6-14-19-16(23-20-14)12(2)24-15-8-7-13(11-18-15)17(22)21-9-4-5-10-21/h7-8,11-12H,3-6,9-10H2,1-2H3/t12-/m0/s1. The number of likely N-dealkylation sites (tertiary alicyclic amines) is 1. The van der Waals surface area contributed by atoms with Gasteiger partial charge in [0.2, 0.25) is 5.89 Å². The van der Waals surface area contributed by atoms with Gasteiger partial charge in [0.25, 0.3) is 5.91 Å². The molecule has 7 heteroatoms. The molecule has 1 amide bonds. The van der Waals surface area contributed by atoms with Crippen LogP contribution in [0.2, 0.25) is 0 Å². The number of pyridine rings is 1. The van der Waals surface area contributed by atoms with Gasteiger partial charge in [-0.15, -0.1) is 0 Å². The molecule has 0 aliphatic carbocycles. The summed E-state index contributed by atoms with van der Waals surface area (Å²) in [5.74, 6) is 1.44. The molecule has 1 aliphatic heterocycles. The second kappa shape index (κ2) is 7.79. The van der Waals surface area contributed by atoms with Crippen molar-refractivity contribution in [1.82, 2.24) is 20.0 Å². The van der Waals surface area contributed by atoms with Gasteiger partial charge < -0.3 is 9.42 Å². The van der Waals surface area contributed by atoms with Crippen LogP contribution in [0.1, 0.15) is 60.4 Å². The lowest BCUT2D eigenvalue weighted by Crippen LogP contribution is -2.27. The van der Waals surface area contributed by atoms with E-state index in [2.05, 4.69) is 22.0 Å². The summed E-state index contributed by atoms with van der Waals surface area (Å²) >= 11 is 1.55. The average molecular weight is 346 g/mol. The number of nitrogens with zero attached hydrogens (tertiary/aromatic N) is 4. The van der Waals surface area contributed by atoms with Gasteiger partial charge in [0.15, 0.2) is 5.82 Å². The summed E-state index contributed by atoms with van der Waals surface area (Å²) in [4.78, 5) is 23.0. The lowest BCUT2D eigenvalue weighted by molar-refractivity contribution is 0.0792. The summed E-state index contributed by atoms with van der Waals surface area (Å²) in [6, 6.07) is 3.73. The largest absolute Gasteiger partial charge is 0.339 e. The van der Waals surface area contributed by atoms with E-state index >= 15 is 0 Å². The molecule has 0 unspecified atom stereocenters. The van der Waals surface area contributed by atoms with Crippen LogP contribution >= 0.6 is 11.8 Å². The van der Waals surface area contributed by atoms with Crippen molar-refractivity contribution in [2.24, 2.45) is 0 Å². The fourth-order valence-electron chi connectivity index (χ4n) is 2.67. The van der Waals surface area contributed by atoms with Gasteiger partial charge >= 0.3 is 0 Å². The van der Waals surface area contributed by atoms with E-state index in [4.69, 9.17) is 4.52 Å². The Balaban J connectivity index is 1.61. The fourth-order valence-corrected chi connectivity index (χ4v) is 3.49. The van der Waals surface area contributed by atoms with E-state index in [1.54, 1.807) is 18.0 Å². The maximum atomic E-state index is 12.3. The molecule has 0 bridgehead atoms. The van der Waals surface area contributed by atoms with Gasteiger partial charge in [0, 0.05) is 25.7 Å². The first-order valence-electron chi connectivity index (χ1n) is 8.42. The zero-order chi connectivity index (χ0) is 16.9. The minimum atomic E-state index is 0.0238. The summed E-state index contributed by atoms with van der Waals surface area (Å²) in [6.45, 7) is 5.80. The molecule has 0 saturated carbocycles. The molecule has 6 nitrogen and oxygen atoms in total. The van der Waals surface area contributed by atoms with Gasteiger partial charge in [0.1, 0.15) is 0 Å². The molecule has 2 aromatic rings. The van der Waals surface area contributed by atoms with Crippen molar-refractivity contribution in [1.29, 1.82) is 0 Å². The molecule has 2 aromatic heterocycles. The Kier molecular flexibility index (Phi) is 5.50.